The Hall–Kier alpha value is -2.77. The first kappa shape index (κ1) is 20.2. The maximum atomic E-state index is 13.4. The summed E-state index contributed by atoms with van der Waals surface area (Å²) >= 11 is 1.35. The number of amides is 1. The fourth-order valence-corrected chi connectivity index (χ4v) is 5.89. The first-order valence-corrected chi connectivity index (χ1v) is 11.4. The number of ether oxygens (including phenoxy) is 1. The van der Waals surface area contributed by atoms with E-state index in [1.165, 1.54) is 11.3 Å². The Balaban J connectivity index is 1.42. The number of benzene rings is 1. The molecule has 1 amide bonds. The molecule has 160 valence electrons. The molecule has 4 heterocycles. The number of piperidine rings is 1. The van der Waals surface area contributed by atoms with E-state index in [9.17, 15) is 14.7 Å². The number of carboxylic acids is 1. The summed E-state index contributed by atoms with van der Waals surface area (Å²) in [5.41, 5.74) is 4.00. The summed E-state index contributed by atoms with van der Waals surface area (Å²) in [6.07, 6.45) is 2.09. The van der Waals surface area contributed by atoms with Gasteiger partial charge in [-0.3, -0.25) is 9.78 Å². The van der Waals surface area contributed by atoms with Gasteiger partial charge in [0.2, 0.25) is 0 Å². The van der Waals surface area contributed by atoms with Gasteiger partial charge in [0.1, 0.15) is 4.88 Å². The number of carbonyl (C=O) groups excluding carboxylic acids is 1. The summed E-state index contributed by atoms with van der Waals surface area (Å²) in [4.78, 5) is 32.9. The second kappa shape index (κ2) is 7.43. The van der Waals surface area contributed by atoms with Gasteiger partial charge in [-0.25, -0.2) is 4.79 Å². The van der Waals surface area contributed by atoms with E-state index < -0.39 is 11.6 Å². The van der Waals surface area contributed by atoms with Crippen LogP contribution in [0, 0.1) is 13.8 Å². The van der Waals surface area contributed by atoms with Crippen LogP contribution < -0.4 is 0 Å². The second-order valence-corrected chi connectivity index (χ2v) is 9.61. The van der Waals surface area contributed by atoms with Crippen LogP contribution in [0.2, 0.25) is 0 Å². The number of pyridine rings is 1. The molecule has 31 heavy (non-hydrogen) atoms. The number of aryl methyl sites for hydroxylation is 2. The van der Waals surface area contributed by atoms with Crippen LogP contribution in [0.3, 0.4) is 0 Å². The molecule has 0 aliphatic carbocycles. The monoisotopic (exact) mass is 436 g/mol. The number of hydrogen-bond acceptors (Lipinski definition) is 5. The number of rotatable bonds is 2. The fraction of sp³-hybridized carbons (Fsp3) is 0.375. The van der Waals surface area contributed by atoms with Crippen molar-refractivity contribution >= 4 is 34.1 Å². The van der Waals surface area contributed by atoms with E-state index in [4.69, 9.17) is 4.74 Å². The highest BCUT2D eigenvalue weighted by Crippen LogP contribution is 2.44. The van der Waals surface area contributed by atoms with E-state index in [1.807, 2.05) is 43.0 Å². The lowest BCUT2D eigenvalue weighted by Gasteiger charge is -2.44. The van der Waals surface area contributed by atoms with Crippen LogP contribution in [0.25, 0.3) is 10.9 Å². The normalized spacial score (nSPS) is 17.7. The Kier molecular flexibility index (Phi) is 4.83. The number of aromatic carboxylic acids is 1. The third-order valence-corrected chi connectivity index (χ3v) is 7.58. The predicted octanol–water partition coefficient (Wildman–Crippen LogP) is 4.32. The van der Waals surface area contributed by atoms with E-state index in [2.05, 4.69) is 4.98 Å². The molecule has 2 aliphatic rings. The highest BCUT2D eigenvalue weighted by atomic mass is 32.1. The topological polar surface area (TPSA) is 79.7 Å². The third kappa shape index (κ3) is 3.42. The summed E-state index contributed by atoms with van der Waals surface area (Å²) in [5.74, 6) is -0.876. The molecule has 0 saturated carbocycles. The van der Waals surface area contributed by atoms with E-state index in [-0.39, 0.29) is 5.91 Å². The van der Waals surface area contributed by atoms with Crippen molar-refractivity contribution < 1.29 is 19.4 Å². The molecule has 5 rings (SSSR count). The average Bonchev–Trinajstić information content (AvgIpc) is 3.19. The van der Waals surface area contributed by atoms with E-state index in [1.54, 1.807) is 6.07 Å². The molecular formula is C24H24N2O4S. The van der Waals surface area contributed by atoms with Crippen molar-refractivity contribution in [2.24, 2.45) is 0 Å². The number of hydrogen-bond donors (Lipinski definition) is 1. The smallest absolute Gasteiger partial charge is 0.345 e. The Bertz CT molecular complexity index is 1200. The minimum Gasteiger partial charge on any atom is -0.477 e. The van der Waals surface area contributed by atoms with Gasteiger partial charge < -0.3 is 14.7 Å². The standard InChI is InChI=1S/C24H24N2O4S/c1-14-3-4-16-17(12-15(2)25-19(16)11-14)22(27)26-8-6-24(7-9-26)18-13-21(23(28)29)31-20(18)5-10-30-24/h3-4,11-13H,5-10H2,1-2H3,(H,28,29). The molecule has 2 aliphatic heterocycles. The van der Waals surface area contributed by atoms with Gasteiger partial charge in [-0.05, 0) is 56.0 Å². The van der Waals surface area contributed by atoms with E-state index in [0.717, 1.165) is 39.0 Å². The SMILES string of the molecule is Cc1ccc2c(C(=O)N3CCC4(CC3)OCCc3sc(C(=O)O)cc34)cc(C)nc2c1. The molecule has 0 radical (unpaired) electrons. The molecule has 7 heteroatoms. The molecule has 1 N–H and O–H groups in total. The molecule has 1 fully saturated rings. The lowest BCUT2D eigenvalue weighted by molar-refractivity contribution is -0.0926. The minimum absolute atomic E-state index is 0.0155. The maximum Gasteiger partial charge on any atom is 0.345 e. The Morgan fingerprint density at radius 2 is 1.94 bits per heavy atom. The van der Waals surface area contributed by atoms with Crippen LogP contribution in [-0.2, 0) is 16.8 Å². The van der Waals surface area contributed by atoms with Crippen LogP contribution in [0.5, 0.6) is 0 Å². The van der Waals surface area contributed by atoms with Crippen LogP contribution >= 0.6 is 11.3 Å². The average molecular weight is 437 g/mol. The Morgan fingerprint density at radius 3 is 2.68 bits per heavy atom. The summed E-state index contributed by atoms with van der Waals surface area (Å²) in [6, 6.07) is 9.65. The molecule has 0 bridgehead atoms. The number of thiophene rings is 1. The van der Waals surface area contributed by atoms with Crippen LogP contribution in [0.1, 0.15) is 54.6 Å². The van der Waals surface area contributed by atoms with Crippen LogP contribution in [0.4, 0.5) is 0 Å². The fourth-order valence-electron chi connectivity index (χ4n) is 4.83. The van der Waals surface area contributed by atoms with Gasteiger partial charge in [0, 0.05) is 35.5 Å². The summed E-state index contributed by atoms with van der Waals surface area (Å²) in [6.45, 7) is 5.68. The van der Waals surface area contributed by atoms with Crippen molar-refractivity contribution in [1.29, 1.82) is 0 Å². The highest BCUT2D eigenvalue weighted by Gasteiger charge is 2.43. The largest absolute Gasteiger partial charge is 0.477 e. The quantitative estimate of drug-likeness (QED) is 0.647. The Morgan fingerprint density at radius 1 is 1.16 bits per heavy atom. The Labute approximate surface area is 184 Å². The zero-order valence-corrected chi connectivity index (χ0v) is 18.4. The van der Waals surface area contributed by atoms with Gasteiger partial charge in [0.25, 0.3) is 5.91 Å². The van der Waals surface area contributed by atoms with E-state index in [0.29, 0.717) is 43.0 Å². The highest BCUT2D eigenvalue weighted by molar-refractivity contribution is 7.14. The first-order chi connectivity index (χ1) is 14.9. The van der Waals surface area contributed by atoms with Crippen molar-refractivity contribution in [2.75, 3.05) is 19.7 Å². The summed E-state index contributed by atoms with van der Waals surface area (Å²) in [7, 11) is 0. The van der Waals surface area contributed by atoms with Gasteiger partial charge in [-0.15, -0.1) is 11.3 Å². The zero-order chi connectivity index (χ0) is 21.8. The molecule has 1 aromatic carbocycles. The number of carboxylic acid groups (broad SMARTS) is 1. The van der Waals surface area contributed by atoms with Gasteiger partial charge in [-0.1, -0.05) is 12.1 Å². The number of fused-ring (bicyclic) bond motifs is 3. The summed E-state index contributed by atoms with van der Waals surface area (Å²) in [5, 5.41) is 10.3. The zero-order valence-electron chi connectivity index (χ0n) is 17.6. The molecule has 1 spiro atoms. The second-order valence-electron chi connectivity index (χ2n) is 8.47. The number of nitrogens with zero attached hydrogens (tertiary/aromatic N) is 2. The minimum atomic E-state index is -0.891. The van der Waals surface area contributed by atoms with Gasteiger partial charge >= 0.3 is 5.97 Å². The molecule has 6 nitrogen and oxygen atoms in total. The van der Waals surface area contributed by atoms with Gasteiger partial charge in [-0.2, -0.15) is 0 Å². The molecule has 0 atom stereocenters. The molecule has 2 aromatic heterocycles. The van der Waals surface area contributed by atoms with E-state index >= 15 is 0 Å². The lowest BCUT2D eigenvalue weighted by atomic mass is 9.82. The molecule has 3 aromatic rings. The van der Waals surface area contributed by atoms with Crippen molar-refractivity contribution in [1.82, 2.24) is 9.88 Å². The third-order valence-electron chi connectivity index (χ3n) is 6.40. The lowest BCUT2D eigenvalue weighted by Crippen LogP contribution is -2.48. The first-order valence-electron chi connectivity index (χ1n) is 10.5. The summed E-state index contributed by atoms with van der Waals surface area (Å²) < 4.78 is 6.23. The number of aromatic nitrogens is 1. The number of carbonyl (C=O) groups is 2. The van der Waals surface area contributed by atoms with Crippen molar-refractivity contribution in [3.63, 3.8) is 0 Å². The van der Waals surface area contributed by atoms with Gasteiger partial charge in [0.05, 0.1) is 23.3 Å². The predicted molar refractivity (Wildman–Crippen MR) is 119 cm³/mol. The van der Waals surface area contributed by atoms with Crippen LogP contribution in [-0.4, -0.2) is 46.6 Å². The van der Waals surface area contributed by atoms with Crippen molar-refractivity contribution in [3.8, 4) is 0 Å². The molecular weight excluding hydrogens is 412 g/mol. The van der Waals surface area contributed by atoms with Gasteiger partial charge in [0.15, 0.2) is 0 Å². The molecule has 1 saturated heterocycles. The number of likely N-dealkylation sites (tertiary alicyclic amines) is 1. The molecule has 0 unspecified atom stereocenters. The van der Waals surface area contributed by atoms with Crippen LogP contribution in [0.15, 0.2) is 30.3 Å². The van der Waals surface area contributed by atoms with Crippen molar-refractivity contribution in [2.45, 2.75) is 38.7 Å². The van der Waals surface area contributed by atoms with Crippen molar-refractivity contribution in [3.05, 3.63) is 62.5 Å². The maximum absolute atomic E-state index is 13.4.